The fourth-order valence-electron chi connectivity index (χ4n) is 2.83. The van der Waals surface area contributed by atoms with Crippen LogP contribution < -0.4 is 5.32 Å². The molecule has 2 atom stereocenters. The molecule has 0 saturated carbocycles. The van der Waals surface area contributed by atoms with Crippen LogP contribution in [0.15, 0.2) is 34.3 Å². The molecular weight excluding hydrogens is 316 g/mol. The third-order valence-corrected chi connectivity index (χ3v) is 5.50. The van der Waals surface area contributed by atoms with Crippen LogP contribution in [0.1, 0.15) is 41.0 Å². The van der Waals surface area contributed by atoms with Crippen LogP contribution in [0.5, 0.6) is 0 Å². The maximum absolute atomic E-state index is 12.7. The highest BCUT2D eigenvalue weighted by Crippen LogP contribution is 2.33. The predicted octanol–water partition coefficient (Wildman–Crippen LogP) is 3.29. The lowest BCUT2D eigenvalue weighted by Crippen LogP contribution is -2.46. The van der Waals surface area contributed by atoms with Crippen molar-refractivity contribution in [2.45, 2.75) is 31.8 Å². The minimum absolute atomic E-state index is 0.00129. The van der Waals surface area contributed by atoms with Gasteiger partial charge in [-0.15, -0.1) is 11.3 Å². The van der Waals surface area contributed by atoms with Crippen molar-refractivity contribution in [2.75, 3.05) is 6.54 Å². The number of hydrogen-bond donors (Lipinski definition) is 1. The summed E-state index contributed by atoms with van der Waals surface area (Å²) in [6.07, 6.45) is 2.01. The quantitative estimate of drug-likeness (QED) is 0.933. The molecule has 1 saturated heterocycles. The molecule has 116 valence electrons. The van der Waals surface area contributed by atoms with E-state index in [1.807, 2.05) is 21.7 Å². The fraction of sp³-hybridized carbons (Fsp3) is 0.375. The van der Waals surface area contributed by atoms with Crippen molar-refractivity contribution < 1.29 is 9.59 Å². The Hall–Kier alpha value is -1.66. The van der Waals surface area contributed by atoms with Crippen molar-refractivity contribution >= 4 is 34.5 Å². The molecule has 3 rings (SSSR count). The molecule has 1 aliphatic heterocycles. The van der Waals surface area contributed by atoms with Gasteiger partial charge < -0.3 is 10.2 Å². The zero-order valence-electron chi connectivity index (χ0n) is 12.3. The van der Waals surface area contributed by atoms with E-state index in [1.54, 1.807) is 24.3 Å². The largest absolute Gasteiger partial charge is 0.340 e. The molecule has 22 heavy (non-hydrogen) atoms. The average molecular weight is 334 g/mol. The van der Waals surface area contributed by atoms with Crippen LogP contribution in [0.3, 0.4) is 0 Å². The highest BCUT2D eigenvalue weighted by molar-refractivity contribution is 7.12. The lowest BCUT2D eigenvalue weighted by Gasteiger charge is -2.27. The summed E-state index contributed by atoms with van der Waals surface area (Å²) >= 11 is 3.03. The Bertz CT molecular complexity index is 637. The van der Waals surface area contributed by atoms with Crippen molar-refractivity contribution in [3.63, 3.8) is 0 Å². The lowest BCUT2D eigenvalue weighted by atomic mass is 10.1. The first-order valence-corrected chi connectivity index (χ1v) is 9.16. The first-order valence-electron chi connectivity index (χ1n) is 7.34. The van der Waals surface area contributed by atoms with E-state index in [1.165, 1.54) is 16.9 Å². The van der Waals surface area contributed by atoms with Crippen molar-refractivity contribution in [3.8, 4) is 0 Å². The van der Waals surface area contributed by atoms with E-state index < -0.39 is 6.04 Å². The highest BCUT2D eigenvalue weighted by Gasteiger charge is 2.33. The molecule has 1 N–H and O–H groups in total. The minimum Gasteiger partial charge on any atom is -0.340 e. The monoisotopic (exact) mass is 334 g/mol. The number of thiophene rings is 2. The average Bonchev–Trinajstić information content (AvgIpc) is 3.26. The van der Waals surface area contributed by atoms with Crippen molar-refractivity contribution in [2.24, 2.45) is 0 Å². The standard InChI is InChI=1S/C16H18N2O2S2/c1-11(17-15(19)14-5-3-8-22-14)16(20)18-7-2-4-13(18)12-6-9-21-10-12/h3,5-6,8-11,13H,2,4,7H2,1H3,(H,17,19). The molecule has 0 aliphatic carbocycles. The van der Waals surface area contributed by atoms with Gasteiger partial charge in [-0.25, -0.2) is 0 Å². The molecule has 0 radical (unpaired) electrons. The summed E-state index contributed by atoms with van der Waals surface area (Å²) in [6, 6.07) is 5.32. The summed E-state index contributed by atoms with van der Waals surface area (Å²) in [5, 5.41) is 8.81. The van der Waals surface area contributed by atoms with E-state index in [0.29, 0.717) is 4.88 Å². The molecule has 2 amide bonds. The molecule has 0 bridgehead atoms. The van der Waals surface area contributed by atoms with E-state index in [9.17, 15) is 9.59 Å². The molecule has 6 heteroatoms. The Balaban J connectivity index is 1.66. The van der Waals surface area contributed by atoms with Crippen molar-refractivity contribution in [3.05, 3.63) is 44.8 Å². The van der Waals surface area contributed by atoms with Gasteiger partial charge in [0.15, 0.2) is 0 Å². The fourth-order valence-corrected chi connectivity index (χ4v) is 4.16. The number of nitrogens with one attached hydrogen (secondary N) is 1. The molecule has 0 spiro atoms. The van der Waals surface area contributed by atoms with Crippen LogP contribution in [-0.2, 0) is 4.79 Å². The predicted molar refractivity (Wildman–Crippen MR) is 89.3 cm³/mol. The SMILES string of the molecule is CC(NC(=O)c1cccs1)C(=O)N1CCCC1c1ccsc1. The molecule has 2 unspecified atom stereocenters. The Morgan fingerprint density at radius 2 is 2.23 bits per heavy atom. The second kappa shape index (κ2) is 6.62. The van der Waals surface area contributed by atoms with Gasteiger partial charge in [0.25, 0.3) is 5.91 Å². The topological polar surface area (TPSA) is 49.4 Å². The Morgan fingerprint density at radius 1 is 1.36 bits per heavy atom. The number of carbonyl (C=O) groups excluding carboxylic acids is 2. The molecule has 4 nitrogen and oxygen atoms in total. The van der Waals surface area contributed by atoms with Crippen molar-refractivity contribution in [1.29, 1.82) is 0 Å². The van der Waals surface area contributed by atoms with Crippen LogP contribution in [-0.4, -0.2) is 29.3 Å². The van der Waals surface area contributed by atoms with Gasteiger partial charge >= 0.3 is 0 Å². The van der Waals surface area contributed by atoms with Crippen LogP contribution in [0.4, 0.5) is 0 Å². The minimum atomic E-state index is -0.506. The number of hydrogen-bond acceptors (Lipinski definition) is 4. The van der Waals surface area contributed by atoms with Gasteiger partial charge in [0.2, 0.25) is 5.91 Å². The second-order valence-corrected chi connectivity index (χ2v) is 7.15. The molecule has 1 fully saturated rings. The van der Waals surface area contributed by atoms with E-state index in [2.05, 4.69) is 16.8 Å². The Labute approximate surface area is 137 Å². The highest BCUT2D eigenvalue weighted by atomic mass is 32.1. The van der Waals surface area contributed by atoms with Gasteiger partial charge in [-0.2, -0.15) is 11.3 Å². The summed E-state index contributed by atoms with van der Waals surface area (Å²) < 4.78 is 0. The van der Waals surface area contributed by atoms with Gasteiger partial charge in [0, 0.05) is 6.54 Å². The summed E-state index contributed by atoms with van der Waals surface area (Å²) in [5.74, 6) is -0.180. The van der Waals surface area contributed by atoms with Crippen molar-refractivity contribution in [1.82, 2.24) is 10.2 Å². The van der Waals surface area contributed by atoms with Crippen LogP contribution in [0, 0.1) is 0 Å². The molecule has 2 aromatic heterocycles. The lowest BCUT2D eigenvalue weighted by molar-refractivity contribution is -0.133. The first kappa shape index (κ1) is 15.2. The number of amides is 2. The van der Waals surface area contributed by atoms with Gasteiger partial charge in [0.05, 0.1) is 10.9 Å². The number of rotatable bonds is 4. The van der Waals surface area contributed by atoms with Gasteiger partial charge in [-0.3, -0.25) is 9.59 Å². The molecule has 1 aliphatic rings. The van der Waals surface area contributed by atoms with E-state index >= 15 is 0 Å². The third-order valence-electron chi connectivity index (χ3n) is 3.93. The van der Waals surface area contributed by atoms with Gasteiger partial charge in [-0.1, -0.05) is 6.07 Å². The van der Waals surface area contributed by atoms with Crippen LogP contribution in [0.25, 0.3) is 0 Å². The smallest absolute Gasteiger partial charge is 0.261 e. The van der Waals surface area contributed by atoms with Crippen LogP contribution in [0.2, 0.25) is 0 Å². The summed E-state index contributed by atoms with van der Waals surface area (Å²) in [6.45, 7) is 2.52. The molecule has 2 aromatic rings. The van der Waals surface area contributed by atoms with Crippen LogP contribution >= 0.6 is 22.7 Å². The van der Waals surface area contributed by atoms with E-state index in [0.717, 1.165) is 19.4 Å². The summed E-state index contributed by atoms with van der Waals surface area (Å²) in [4.78, 5) is 27.3. The summed E-state index contributed by atoms with van der Waals surface area (Å²) in [7, 11) is 0. The maximum atomic E-state index is 12.7. The van der Waals surface area contributed by atoms with Gasteiger partial charge in [-0.05, 0) is 53.6 Å². The Morgan fingerprint density at radius 3 is 2.91 bits per heavy atom. The number of likely N-dealkylation sites (tertiary alicyclic amines) is 1. The molecule has 3 heterocycles. The molecular formula is C16H18N2O2S2. The van der Waals surface area contributed by atoms with E-state index in [4.69, 9.17) is 0 Å². The normalized spacial score (nSPS) is 19.1. The zero-order valence-corrected chi connectivity index (χ0v) is 14.0. The zero-order chi connectivity index (χ0) is 15.5. The number of nitrogens with zero attached hydrogens (tertiary/aromatic N) is 1. The molecule has 0 aromatic carbocycles. The first-order chi connectivity index (χ1) is 10.7. The van der Waals surface area contributed by atoms with Gasteiger partial charge in [0.1, 0.15) is 6.04 Å². The van der Waals surface area contributed by atoms with E-state index in [-0.39, 0.29) is 17.9 Å². The Kier molecular flexibility index (Phi) is 4.59. The second-order valence-electron chi connectivity index (χ2n) is 5.42. The summed E-state index contributed by atoms with van der Waals surface area (Å²) in [5.41, 5.74) is 1.20. The number of carbonyl (C=O) groups is 2. The third kappa shape index (κ3) is 3.08. The maximum Gasteiger partial charge on any atom is 0.261 e.